The molecule has 11 heteroatoms. The summed E-state index contributed by atoms with van der Waals surface area (Å²) in [4.78, 5) is 31.3. The highest BCUT2D eigenvalue weighted by Gasteiger charge is 2.39. The van der Waals surface area contributed by atoms with Crippen LogP contribution in [-0.2, 0) is 16.0 Å². The molecule has 44 heavy (non-hydrogen) atoms. The van der Waals surface area contributed by atoms with Crippen molar-refractivity contribution in [2.24, 2.45) is 5.92 Å². The second kappa shape index (κ2) is 13.5. The molecule has 1 aliphatic rings. The fourth-order valence-electron chi connectivity index (χ4n) is 5.82. The molecule has 0 saturated heterocycles. The highest BCUT2D eigenvalue weighted by molar-refractivity contribution is 5.85. The highest BCUT2D eigenvalue weighted by atomic mass is 19.1. The molecular formula is C33H42F3N3O5. The molecule has 1 amide bonds. The van der Waals surface area contributed by atoms with Crippen molar-refractivity contribution in [2.45, 2.75) is 72.1 Å². The molecule has 2 aromatic carbocycles. The van der Waals surface area contributed by atoms with E-state index in [-0.39, 0.29) is 44.5 Å². The Labute approximate surface area is 256 Å². The number of ether oxygens (including phenoxy) is 2. The van der Waals surface area contributed by atoms with Gasteiger partial charge in [0.25, 0.3) is 0 Å². The molecule has 1 aliphatic heterocycles. The standard InChI is InChI=1S/C33H42F3N3O5/c1-19(31(40)41)18-39-20(2)16-24-23-17-22(35)8-10-26(23)37-29(24)30(39)28-21(3)27(11-9-25(28)36)43-15-14-38(13-7-12-34)32(42)44-33(4,5)6/h8-11,17,19-20,30,37H,7,12-16,18H2,1-6H3,(H,40,41)/t19-,20-,30-/m1/s1. The van der Waals surface area contributed by atoms with Crippen LogP contribution in [0.1, 0.15) is 69.5 Å². The maximum atomic E-state index is 15.9. The smallest absolute Gasteiger partial charge is 0.410 e. The van der Waals surface area contributed by atoms with Gasteiger partial charge in [0, 0.05) is 41.3 Å². The Morgan fingerprint density at radius 1 is 1.18 bits per heavy atom. The molecule has 1 aromatic heterocycles. The monoisotopic (exact) mass is 617 g/mol. The van der Waals surface area contributed by atoms with E-state index in [0.717, 1.165) is 5.56 Å². The van der Waals surface area contributed by atoms with Gasteiger partial charge in [-0.05, 0) is 88.9 Å². The number of carboxylic acid groups (broad SMARTS) is 1. The van der Waals surface area contributed by atoms with Crippen molar-refractivity contribution in [1.29, 1.82) is 0 Å². The van der Waals surface area contributed by atoms with Gasteiger partial charge in [-0.1, -0.05) is 6.92 Å². The Balaban J connectivity index is 1.70. The van der Waals surface area contributed by atoms with Crippen LogP contribution in [-0.4, -0.2) is 76.5 Å². The second-order valence-corrected chi connectivity index (χ2v) is 12.5. The van der Waals surface area contributed by atoms with E-state index in [1.165, 1.54) is 29.2 Å². The lowest BCUT2D eigenvalue weighted by molar-refractivity contribution is -0.142. The number of carbonyl (C=O) groups is 2. The molecule has 4 rings (SSSR count). The number of H-pyrrole nitrogens is 1. The van der Waals surface area contributed by atoms with Gasteiger partial charge in [0.15, 0.2) is 0 Å². The van der Waals surface area contributed by atoms with Crippen molar-refractivity contribution in [2.75, 3.05) is 32.9 Å². The summed E-state index contributed by atoms with van der Waals surface area (Å²) in [6, 6.07) is 6.43. The van der Waals surface area contributed by atoms with Crippen molar-refractivity contribution in [3.63, 3.8) is 0 Å². The number of halogens is 3. The van der Waals surface area contributed by atoms with Crippen LogP contribution in [0.2, 0.25) is 0 Å². The predicted molar refractivity (Wildman–Crippen MR) is 162 cm³/mol. The summed E-state index contributed by atoms with van der Waals surface area (Å²) in [5.74, 6) is -2.17. The maximum Gasteiger partial charge on any atom is 0.410 e. The molecule has 0 fully saturated rings. The number of hydrogen-bond acceptors (Lipinski definition) is 5. The Bertz CT molecular complexity index is 1500. The van der Waals surface area contributed by atoms with E-state index < -0.39 is 42.1 Å². The van der Waals surface area contributed by atoms with Gasteiger partial charge in [0.2, 0.25) is 0 Å². The highest BCUT2D eigenvalue weighted by Crippen LogP contribution is 2.44. The Morgan fingerprint density at radius 2 is 1.91 bits per heavy atom. The average Bonchev–Trinajstić information content (AvgIpc) is 3.29. The number of carboxylic acids is 1. The van der Waals surface area contributed by atoms with Crippen molar-refractivity contribution in [1.82, 2.24) is 14.8 Å². The topological polar surface area (TPSA) is 95.1 Å². The van der Waals surface area contributed by atoms with Gasteiger partial charge < -0.3 is 24.5 Å². The zero-order valence-corrected chi connectivity index (χ0v) is 26.2. The SMILES string of the molecule is Cc1c(OCCN(CCCF)C(=O)OC(C)(C)C)ccc(F)c1[C@@H]1c2[nH]c3ccc(F)cc3c2C[C@@H](C)N1C[C@@H](C)C(=O)O. The lowest BCUT2D eigenvalue weighted by Gasteiger charge is -2.42. The van der Waals surface area contributed by atoms with Crippen molar-refractivity contribution >= 4 is 23.0 Å². The molecule has 0 unspecified atom stereocenters. The fourth-order valence-corrected chi connectivity index (χ4v) is 5.82. The number of nitrogens with one attached hydrogen (secondary N) is 1. The Hall–Kier alpha value is -3.73. The number of rotatable bonds is 11. The quantitative estimate of drug-likeness (QED) is 0.246. The molecule has 2 heterocycles. The Kier molecular flexibility index (Phi) is 10.2. The number of alkyl halides is 1. The second-order valence-electron chi connectivity index (χ2n) is 12.5. The molecule has 0 bridgehead atoms. The minimum atomic E-state index is -0.961. The number of benzene rings is 2. The summed E-state index contributed by atoms with van der Waals surface area (Å²) in [6.07, 6.45) is 0.103. The van der Waals surface area contributed by atoms with Gasteiger partial charge in [-0.15, -0.1) is 0 Å². The van der Waals surface area contributed by atoms with Crippen LogP contribution in [0, 0.1) is 24.5 Å². The third-order valence-corrected chi connectivity index (χ3v) is 8.00. The largest absolute Gasteiger partial charge is 0.491 e. The predicted octanol–water partition coefficient (Wildman–Crippen LogP) is 6.79. The zero-order valence-electron chi connectivity index (χ0n) is 26.2. The first-order valence-corrected chi connectivity index (χ1v) is 15.0. The zero-order chi connectivity index (χ0) is 32.3. The maximum absolute atomic E-state index is 15.9. The fraction of sp³-hybridized carbons (Fsp3) is 0.515. The van der Waals surface area contributed by atoms with Gasteiger partial charge in [-0.3, -0.25) is 14.1 Å². The van der Waals surface area contributed by atoms with Crippen LogP contribution < -0.4 is 4.74 Å². The van der Waals surface area contributed by atoms with E-state index in [0.29, 0.717) is 39.9 Å². The van der Waals surface area contributed by atoms with Crippen LogP contribution in [0.4, 0.5) is 18.0 Å². The van der Waals surface area contributed by atoms with Crippen LogP contribution in [0.25, 0.3) is 10.9 Å². The number of aromatic nitrogens is 1. The lowest BCUT2D eigenvalue weighted by atomic mass is 9.85. The molecule has 3 atom stereocenters. The molecule has 0 spiro atoms. The molecule has 0 saturated carbocycles. The van der Waals surface area contributed by atoms with E-state index in [9.17, 15) is 23.5 Å². The summed E-state index contributed by atoms with van der Waals surface area (Å²) in [5, 5.41) is 10.4. The van der Waals surface area contributed by atoms with Crippen LogP contribution in [0.3, 0.4) is 0 Å². The summed E-state index contributed by atoms with van der Waals surface area (Å²) >= 11 is 0. The normalized spacial score (nSPS) is 17.8. The van der Waals surface area contributed by atoms with E-state index in [1.54, 1.807) is 40.7 Å². The number of aliphatic carboxylic acids is 1. The minimum absolute atomic E-state index is 0.0508. The van der Waals surface area contributed by atoms with E-state index in [2.05, 4.69) is 4.98 Å². The number of hydrogen-bond donors (Lipinski definition) is 2. The van der Waals surface area contributed by atoms with E-state index in [1.807, 2.05) is 11.8 Å². The molecule has 240 valence electrons. The molecular weight excluding hydrogens is 575 g/mol. The van der Waals surface area contributed by atoms with Gasteiger partial charge in [0.05, 0.1) is 25.2 Å². The molecule has 0 aliphatic carbocycles. The first-order chi connectivity index (χ1) is 20.7. The number of nitrogens with zero attached hydrogens (tertiary/aromatic N) is 2. The van der Waals surface area contributed by atoms with Crippen LogP contribution >= 0.6 is 0 Å². The number of amides is 1. The minimum Gasteiger partial charge on any atom is -0.491 e. The first-order valence-electron chi connectivity index (χ1n) is 15.0. The molecule has 2 N–H and O–H groups in total. The third kappa shape index (κ3) is 7.31. The van der Waals surface area contributed by atoms with Crippen molar-refractivity contribution in [3.8, 4) is 5.75 Å². The van der Waals surface area contributed by atoms with Crippen LogP contribution in [0.15, 0.2) is 30.3 Å². The lowest BCUT2D eigenvalue weighted by Crippen LogP contribution is -2.46. The summed E-state index contributed by atoms with van der Waals surface area (Å²) < 4.78 is 54.6. The van der Waals surface area contributed by atoms with Gasteiger partial charge >= 0.3 is 12.1 Å². The van der Waals surface area contributed by atoms with Gasteiger partial charge in [0.1, 0.15) is 29.6 Å². The van der Waals surface area contributed by atoms with Crippen molar-refractivity contribution < 1.29 is 37.3 Å². The molecule has 8 nitrogen and oxygen atoms in total. The van der Waals surface area contributed by atoms with Gasteiger partial charge in [-0.25, -0.2) is 13.6 Å². The number of aromatic amines is 1. The third-order valence-electron chi connectivity index (χ3n) is 8.00. The van der Waals surface area contributed by atoms with Crippen molar-refractivity contribution in [3.05, 3.63) is 64.4 Å². The molecule has 3 aromatic rings. The van der Waals surface area contributed by atoms with Gasteiger partial charge in [-0.2, -0.15) is 0 Å². The summed E-state index contributed by atoms with van der Waals surface area (Å²) in [7, 11) is 0. The summed E-state index contributed by atoms with van der Waals surface area (Å²) in [6.45, 7) is 10.5. The number of fused-ring (bicyclic) bond motifs is 3. The average molecular weight is 618 g/mol. The molecule has 0 radical (unpaired) electrons. The Morgan fingerprint density at radius 3 is 2.57 bits per heavy atom. The number of carbonyl (C=O) groups excluding carboxylic acids is 1. The first kappa shape index (κ1) is 33.2. The van der Waals surface area contributed by atoms with E-state index >= 15 is 4.39 Å². The van der Waals surface area contributed by atoms with E-state index in [4.69, 9.17) is 9.47 Å². The summed E-state index contributed by atoms with van der Waals surface area (Å²) in [5.41, 5.74) is 2.37. The van der Waals surface area contributed by atoms with Crippen LogP contribution in [0.5, 0.6) is 5.75 Å².